The lowest BCUT2D eigenvalue weighted by Crippen LogP contribution is -2.42. The molecule has 2 atom stereocenters. The van der Waals surface area contributed by atoms with Crippen LogP contribution in [0.25, 0.3) is 0 Å². The normalized spacial score (nSPS) is 20.4. The Bertz CT molecular complexity index is 1010. The fraction of sp³-hybridized carbons (Fsp3) is 0.333. The average Bonchev–Trinajstić information content (AvgIpc) is 3.04. The molecule has 7 heteroatoms. The number of carbonyl (C=O) groups is 4. The Balaban J connectivity index is 1.40. The molecule has 0 aromatic heterocycles. The minimum absolute atomic E-state index is 0.108. The van der Waals surface area contributed by atoms with E-state index in [1.165, 1.54) is 18.6 Å². The lowest BCUT2D eigenvalue weighted by atomic mass is 9.86. The van der Waals surface area contributed by atoms with Gasteiger partial charge in [-0.05, 0) is 49.1 Å². The van der Waals surface area contributed by atoms with Crippen molar-refractivity contribution >= 4 is 29.4 Å². The molecular formula is C24H24N2O5. The van der Waals surface area contributed by atoms with Gasteiger partial charge in [-0.25, -0.2) is 9.69 Å². The Hall–Kier alpha value is -3.48. The maximum Gasteiger partial charge on any atom is 0.338 e. The number of amides is 3. The van der Waals surface area contributed by atoms with Crippen molar-refractivity contribution in [3.8, 4) is 0 Å². The topological polar surface area (TPSA) is 92.8 Å². The Morgan fingerprint density at radius 2 is 1.68 bits per heavy atom. The fourth-order valence-electron chi connectivity index (χ4n) is 4.19. The van der Waals surface area contributed by atoms with Crippen molar-refractivity contribution in [2.45, 2.75) is 38.6 Å². The maximum absolute atomic E-state index is 12.7. The van der Waals surface area contributed by atoms with Crippen LogP contribution in [0.5, 0.6) is 0 Å². The molecule has 2 aliphatic rings. The van der Waals surface area contributed by atoms with Gasteiger partial charge >= 0.3 is 5.97 Å². The lowest BCUT2D eigenvalue weighted by Gasteiger charge is -2.29. The molecular weight excluding hydrogens is 396 g/mol. The standard InChI is InChI=1S/C24H24N2O5/c1-15-7-2-5-12-20(15)25-21(27)14-31-24(30)16-8-6-9-17(13-16)26-22(28)18-10-3-4-11-19(18)23(26)29/h3-4,6,8-11,13,15,20H,2,5,7,12,14H2,1H3,(H,25,27)/t15-,20-/m0/s1. The highest BCUT2D eigenvalue weighted by atomic mass is 16.5. The summed E-state index contributed by atoms with van der Waals surface area (Å²) in [7, 11) is 0. The Kier molecular flexibility index (Phi) is 5.84. The predicted octanol–water partition coefficient (Wildman–Crippen LogP) is 3.34. The molecule has 1 heterocycles. The second-order valence-corrected chi connectivity index (χ2v) is 8.05. The summed E-state index contributed by atoms with van der Waals surface area (Å²) in [6, 6.07) is 12.8. The number of hydrogen-bond donors (Lipinski definition) is 1. The molecule has 0 saturated heterocycles. The van der Waals surface area contributed by atoms with Gasteiger partial charge in [-0.1, -0.05) is 38.0 Å². The summed E-state index contributed by atoms with van der Waals surface area (Å²) in [6.45, 7) is 1.74. The summed E-state index contributed by atoms with van der Waals surface area (Å²) in [5, 5.41) is 2.94. The number of benzene rings is 2. The van der Waals surface area contributed by atoms with Crippen molar-refractivity contribution in [2.75, 3.05) is 11.5 Å². The molecule has 1 saturated carbocycles. The number of rotatable bonds is 5. The second-order valence-electron chi connectivity index (χ2n) is 8.05. The van der Waals surface area contributed by atoms with E-state index >= 15 is 0 Å². The number of imide groups is 1. The van der Waals surface area contributed by atoms with Crippen LogP contribution in [0, 0.1) is 5.92 Å². The van der Waals surface area contributed by atoms with Crippen molar-refractivity contribution in [2.24, 2.45) is 5.92 Å². The van der Waals surface area contributed by atoms with Gasteiger partial charge in [0.2, 0.25) is 0 Å². The number of fused-ring (bicyclic) bond motifs is 1. The van der Waals surface area contributed by atoms with Crippen LogP contribution < -0.4 is 10.2 Å². The molecule has 0 radical (unpaired) electrons. The van der Waals surface area contributed by atoms with Crippen molar-refractivity contribution < 1.29 is 23.9 Å². The van der Waals surface area contributed by atoms with E-state index in [1.54, 1.807) is 36.4 Å². The molecule has 3 amide bonds. The zero-order chi connectivity index (χ0) is 22.0. The minimum Gasteiger partial charge on any atom is -0.452 e. The lowest BCUT2D eigenvalue weighted by molar-refractivity contribution is -0.125. The first-order valence-corrected chi connectivity index (χ1v) is 10.5. The molecule has 2 aromatic carbocycles. The highest BCUT2D eigenvalue weighted by Gasteiger charge is 2.36. The first kappa shape index (κ1) is 20.8. The van der Waals surface area contributed by atoms with Crippen LogP contribution in [0.15, 0.2) is 48.5 Å². The molecule has 1 aliphatic carbocycles. The third-order valence-electron chi connectivity index (χ3n) is 5.93. The van der Waals surface area contributed by atoms with Crippen LogP contribution in [0.3, 0.4) is 0 Å². The van der Waals surface area contributed by atoms with Crippen LogP contribution in [0.1, 0.15) is 63.7 Å². The molecule has 31 heavy (non-hydrogen) atoms. The number of anilines is 1. The van der Waals surface area contributed by atoms with Gasteiger partial charge in [-0.2, -0.15) is 0 Å². The SMILES string of the molecule is C[C@H]1CCCC[C@@H]1NC(=O)COC(=O)c1cccc(N2C(=O)c3ccccc3C2=O)c1. The van der Waals surface area contributed by atoms with Gasteiger partial charge in [0.15, 0.2) is 6.61 Å². The van der Waals surface area contributed by atoms with E-state index in [-0.39, 0.29) is 29.8 Å². The second kappa shape index (κ2) is 8.71. The Morgan fingerprint density at radius 1 is 1.00 bits per heavy atom. The number of esters is 1. The van der Waals surface area contributed by atoms with E-state index in [1.807, 2.05) is 0 Å². The number of ether oxygens (including phenoxy) is 1. The number of carbonyl (C=O) groups excluding carboxylic acids is 4. The van der Waals surface area contributed by atoms with Gasteiger partial charge < -0.3 is 10.1 Å². The van der Waals surface area contributed by atoms with Gasteiger partial charge in [0.25, 0.3) is 17.7 Å². The van der Waals surface area contributed by atoms with E-state index < -0.39 is 17.8 Å². The summed E-state index contributed by atoms with van der Waals surface area (Å²) in [4.78, 5) is 51.0. The minimum atomic E-state index is -0.690. The third-order valence-corrected chi connectivity index (χ3v) is 5.93. The van der Waals surface area contributed by atoms with Gasteiger partial charge in [-0.3, -0.25) is 14.4 Å². The van der Waals surface area contributed by atoms with Crippen molar-refractivity contribution in [1.29, 1.82) is 0 Å². The zero-order valence-corrected chi connectivity index (χ0v) is 17.3. The first-order valence-electron chi connectivity index (χ1n) is 10.5. The fourth-order valence-corrected chi connectivity index (χ4v) is 4.19. The Morgan fingerprint density at radius 3 is 2.35 bits per heavy atom. The maximum atomic E-state index is 12.7. The van der Waals surface area contributed by atoms with Crippen molar-refractivity contribution in [3.63, 3.8) is 0 Å². The predicted molar refractivity (Wildman–Crippen MR) is 114 cm³/mol. The molecule has 160 valence electrons. The summed E-state index contributed by atoms with van der Waals surface area (Å²) in [5.41, 5.74) is 1.09. The van der Waals surface area contributed by atoms with E-state index in [4.69, 9.17) is 4.74 Å². The van der Waals surface area contributed by atoms with Gasteiger partial charge in [0.05, 0.1) is 22.4 Å². The highest BCUT2D eigenvalue weighted by Crippen LogP contribution is 2.29. The quantitative estimate of drug-likeness (QED) is 0.592. The molecule has 1 aliphatic heterocycles. The molecule has 7 nitrogen and oxygen atoms in total. The summed E-state index contributed by atoms with van der Waals surface area (Å²) < 4.78 is 5.16. The zero-order valence-electron chi connectivity index (χ0n) is 17.3. The molecule has 4 rings (SSSR count). The van der Waals surface area contributed by atoms with Crippen LogP contribution >= 0.6 is 0 Å². The molecule has 0 bridgehead atoms. The van der Waals surface area contributed by atoms with Crippen LogP contribution in [0.2, 0.25) is 0 Å². The first-order chi connectivity index (χ1) is 15.0. The van der Waals surface area contributed by atoms with E-state index in [9.17, 15) is 19.2 Å². The number of hydrogen-bond acceptors (Lipinski definition) is 5. The molecule has 0 spiro atoms. The van der Waals surface area contributed by atoms with Crippen molar-refractivity contribution in [1.82, 2.24) is 5.32 Å². The van der Waals surface area contributed by atoms with Gasteiger partial charge in [0, 0.05) is 6.04 Å². The molecule has 0 unspecified atom stereocenters. The smallest absolute Gasteiger partial charge is 0.338 e. The van der Waals surface area contributed by atoms with Crippen molar-refractivity contribution in [3.05, 3.63) is 65.2 Å². The largest absolute Gasteiger partial charge is 0.452 e. The number of nitrogens with one attached hydrogen (secondary N) is 1. The van der Waals surface area contributed by atoms with Crippen LogP contribution in [0.4, 0.5) is 5.69 Å². The van der Waals surface area contributed by atoms with E-state index in [0.717, 1.165) is 24.2 Å². The highest BCUT2D eigenvalue weighted by molar-refractivity contribution is 6.34. The third kappa shape index (κ3) is 4.21. The average molecular weight is 420 g/mol. The molecule has 1 fully saturated rings. The summed E-state index contributed by atoms with van der Waals surface area (Å²) in [5.74, 6) is -1.49. The summed E-state index contributed by atoms with van der Waals surface area (Å²) >= 11 is 0. The molecule has 2 aromatic rings. The van der Waals surface area contributed by atoms with E-state index in [0.29, 0.717) is 17.0 Å². The van der Waals surface area contributed by atoms with Gasteiger partial charge in [0.1, 0.15) is 0 Å². The van der Waals surface area contributed by atoms with Crippen LogP contribution in [-0.4, -0.2) is 36.3 Å². The monoisotopic (exact) mass is 420 g/mol. The van der Waals surface area contributed by atoms with Gasteiger partial charge in [-0.15, -0.1) is 0 Å². The Labute approximate surface area is 180 Å². The molecule has 1 N–H and O–H groups in total. The number of nitrogens with zero attached hydrogens (tertiary/aromatic N) is 1. The van der Waals surface area contributed by atoms with E-state index in [2.05, 4.69) is 12.2 Å². The summed E-state index contributed by atoms with van der Waals surface area (Å²) in [6.07, 6.45) is 4.27. The van der Waals surface area contributed by atoms with Crippen LogP contribution in [-0.2, 0) is 9.53 Å².